The quantitative estimate of drug-likeness (QED) is 0.682. The van der Waals surface area contributed by atoms with E-state index in [0.29, 0.717) is 6.42 Å². The molecule has 13 heavy (non-hydrogen) atoms. The van der Waals surface area contributed by atoms with Crippen LogP contribution in [0.25, 0.3) is 0 Å². The first kappa shape index (κ1) is 10.5. The van der Waals surface area contributed by atoms with E-state index in [1.165, 1.54) is 6.42 Å². The molecule has 1 aliphatic rings. The van der Waals surface area contributed by atoms with E-state index in [4.69, 9.17) is 0 Å². The van der Waals surface area contributed by atoms with E-state index in [2.05, 4.69) is 12.2 Å². The summed E-state index contributed by atoms with van der Waals surface area (Å²) >= 11 is 0. The molecule has 1 saturated carbocycles. The van der Waals surface area contributed by atoms with Crippen LogP contribution in [0.4, 0.5) is 0 Å². The summed E-state index contributed by atoms with van der Waals surface area (Å²) in [5.74, 6) is 1.86. The average molecular weight is 184 g/mol. The highest BCUT2D eigenvalue weighted by Crippen LogP contribution is 2.37. The summed E-state index contributed by atoms with van der Waals surface area (Å²) in [5, 5.41) is 2.98. The number of hydrogen-bond donors (Lipinski definition) is 1. The molecule has 0 saturated heterocycles. The highest BCUT2D eigenvalue weighted by molar-refractivity contribution is 5.76. The lowest BCUT2D eigenvalue weighted by molar-refractivity contribution is -0.130. The Bertz CT molecular complexity index is 182. The molecule has 0 heterocycles. The van der Waals surface area contributed by atoms with Crippen LogP contribution in [0.2, 0.25) is 0 Å². The third-order valence-electron chi connectivity index (χ3n) is 2.80. The fourth-order valence-electron chi connectivity index (χ4n) is 1.53. The van der Waals surface area contributed by atoms with Gasteiger partial charge in [0.1, 0.15) is 0 Å². The monoisotopic (exact) mass is 184 g/mol. The summed E-state index contributed by atoms with van der Waals surface area (Å²) in [6, 6.07) is 0. The van der Waals surface area contributed by atoms with Gasteiger partial charge in [0.15, 0.2) is 0 Å². The second-order valence-electron chi connectivity index (χ2n) is 4.10. The first-order valence-electron chi connectivity index (χ1n) is 5.03. The molecule has 1 aliphatic carbocycles. The minimum Gasteiger partial charge on any atom is -0.345 e. The summed E-state index contributed by atoms with van der Waals surface area (Å²) in [6.45, 7) is 3.98. The lowest BCUT2D eigenvalue weighted by Crippen LogP contribution is -2.31. The maximum Gasteiger partial charge on any atom is 0.223 e. The Morgan fingerprint density at radius 3 is 2.69 bits per heavy atom. The van der Waals surface area contributed by atoms with E-state index < -0.39 is 0 Å². The summed E-state index contributed by atoms with van der Waals surface area (Å²) in [5.41, 5.74) is 0. The van der Waals surface area contributed by atoms with Crippen molar-refractivity contribution in [3.05, 3.63) is 0 Å². The molecule has 2 atom stereocenters. The number of nitrogens with one attached hydrogen (secondary N) is 1. The van der Waals surface area contributed by atoms with Crippen molar-refractivity contribution in [3.63, 3.8) is 0 Å². The molecule has 1 N–H and O–H groups in total. The summed E-state index contributed by atoms with van der Waals surface area (Å²) in [7, 11) is 3.78. The molecular weight excluding hydrogens is 164 g/mol. The van der Waals surface area contributed by atoms with Crippen molar-refractivity contribution in [1.82, 2.24) is 10.2 Å². The molecule has 3 heteroatoms. The average Bonchev–Trinajstić information content (AvgIpc) is 2.77. The molecule has 0 aromatic heterocycles. The molecule has 0 bridgehead atoms. The van der Waals surface area contributed by atoms with Gasteiger partial charge in [0.2, 0.25) is 5.91 Å². The lowest BCUT2D eigenvalue weighted by atomic mass is 10.3. The molecule has 1 amide bonds. The Hall–Kier alpha value is -0.570. The van der Waals surface area contributed by atoms with Crippen molar-refractivity contribution in [1.29, 1.82) is 0 Å². The Labute approximate surface area is 80.5 Å². The van der Waals surface area contributed by atoms with E-state index >= 15 is 0 Å². The van der Waals surface area contributed by atoms with Crippen molar-refractivity contribution >= 4 is 5.91 Å². The van der Waals surface area contributed by atoms with Gasteiger partial charge < -0.3 is 10.2 Å². The summed E-state index contributed by atoms with van der Waals surface area (Å²) in [6.07, 6.45) is 1.91. The first-order valence-corrected chi connectivity index (χ1v) is 5.03. The van der Waals surface area contributed by atoms with Gasteiger partial charge in [0, 0.05) is 26.6 Å². The van der Waals surface area contributed by atoms with E-state index in [-0.39, 0.29) is 5.91 Å². The van der Waals surface area contributed by atoms with Crippen LogP contribution < -0.4 is 5.32 Å². The molecule has 0 radical (unpaired) electrons. The molecule has 3 nitrogen and oxygen atoms in total. The number of amides is 1. The zero-order chi connectivity index (χ0) is 9.84. The van der Waals surface area contributed by atoms with Gasteiger partial charge >= 0.3 is 0 Å². The van der Waals surface area contributed by atoms with Gasteiger partial charge in [-0.3, -0.25) is 4.79 Å². The maximum absolute atomic E-state index is 11.5. The van der Waals surface area contributed by atoms with Crippen LogP contribution in [0.3, 0.4) is 0 Å². The molecular formula is C10H20N2O. The van der Waals surface area contributed by atoms with Crippen LogP contribution in [0.1, 0.15) is 19.8 Å². The van der Waals surface area contributed by atoms with Gasteiger partial charge in [0.05, 0.1) is 0 Å². The molecule has 0 spiro atoms. The predicted octanol–water partition coefficient (Wildman–Crippen LogP) is 0.710. The zero-order valence-electron chi connectivity index (χ0n) is 8.84. The van der Waals surface area contributed by atoms with E-state index in [0.717, 1.165) is 24.9 Å². The molecule has 0 aromatic carbocycles. The van der Waals surface area contributed by atoms with Crippen molar-refractivity contribution in [2.24, 2.45) is 11.8 Å². The highest BCUT2D eigenvalue weighted by Gasteiger charge is 2.33. The molecule has 0 aromatic rings. The number of nitrogens with zero attached hydrogens (tertiary/aromatic N) is 1. The first-order chi connectivity index (χ1) is 6.15. The molecule has 76 valence electrons. The van der Waals surface area contributed by atoms with E-state index in [1.54, 1.807) is 0 Å². The second kappa shape index (κ2) is 4.61. The van der Waals surface area contributed by atoms with Crippen molar-refractivity contribution in [2.45, 2.75) is 19.8 Å². The Kier molecular flexibility index (Phi) is 3.72. The fourth-order valence-corrected chi connectivity index (χ4v) is 1.53. The molecule has 1 rings (SSSR count). The molecule has 1 fully saturated rings. The summed E-state index contributed by atoms with van der Waals surface area (Å²) < 4.78 is 0. The van der Waals surface area contributed by atoms with Crippen LogP contribution in [0, 0.1) is 11.8 Å². The molecule has 0 aliphatic heterocycles. The maximum atomic E-state index is 11.5. The van der Waals surface area contributed by atoms with Crippen LogP contribution >= 0.6 is 0 Å². The zero-order valence-corrected chi connectivity index (χ0v) is 8.84. The standard InChI is InChI=1S/C10H20N2O/c1-8-6-9(8)7-12(3)10(13)4-5-11-2/h8-9,11H,4-7H2,1-3H3. The van der Waals surface area contributed by atoms with Gasteiger partial charge in [-0.25, -0.2) is 0 Å². The van der Waals surface area contributed by atoms with Crippen LogP contribution in [0.15, 0.2) is 0 Å². The Balaban J connectivity index is 2.14. The van der Waals surface area contributed by atoms with Crippen molar-refractivity contribution in [3.8, 4) is 0 Å². The number of carbonyl (C=O) groups is 1. The fraction of sp³-hybridized carbons (Fsp3) is 0.900. The smallest absolute Gasteiger partial charge is 0.223 e. The minimum absolute atomic E-state index is 0.258. The van der Waals surface area contributed by atoms with Crippen LogP contribution in [-0.2, 0) is 4.79 Å². The third kappa shape index (κ3) is 3.35. The summed E-state index contributed by atoms with van der Waals surface area (Å²) in [4.78, 5) is 13.3. The molecule has 2 unspecified atom stereocenters. The minimum atomic E-state index is 0.258. The number of carbonyl (C=O) groups excluding carboxylic acids is 1. The topological polar surface area (TPSA) is 32.3 Å². The highest BCUT2D eigenvalue weighted by atomic mass is 16.2. The Morgan fingerprint density at radius 2 is 2.23 bits per heavy atom. The normalized spacial score (nSPS) is 25.8. The third-order valence-corrected chi connectivity index (χ3v) is 2.80. The largest absolute Gasteiger partial charge is 0.345 e. The Morgan fingerprint density at radius 1 is 1.62 bits per heavy atom. The van der Waals surface area contributed by atoms with Gasteiger partial charge in [-0.1, -0.05) is 6.92 Å². The van der Waals surface area contributed by atoms with Gasteiger partial charge in [-0.05, 0) is 25.3 Å². The van der Waals surface area contributed by atoms with E-state index in [9.17, 15) is 4.79 Å². The number of rotatable bonds is 5. The second-order valence-corrected chi connectivity index (χ2v) is 4.10. The van der Waals surface area contributed by atoms with E-state index in [1.807, 2.05) is 19.0 Å². The van der Waals surface area contributed by atoms with Crippen LogP contribution in [0.5, 0.6) is 0 Å². The van der Waals surface area contributed by atoms with Gasteiger partial charge in [-0.2, -0.15) is 0 Å². The van der Waals surface area contributed by atoms with Crippen molar-refractivity contribution < 1.29 is 4.79 Å². The van der Waals surface area contributed by atoms with Crippen molar-refractivity contribution in [2.75, 3.05) is 27.2 Å². The van der Waals surface area contributed by atoms with Gasteiger partial charge in [-0.15, -0.1) is 0 Å². The van der Waals surface area contributed by atoms with Gasteiger partial charge in [0.25, 0.3) is 0 Å². The van der Waals surface area contributed by atoms with Crippen LogP contribution in [-0.4, -0.2) is 38.0 Å². The number of hydrogen-bond acceptors (Lipinski definition) is 2. The SMILES string of the molecule is CNCCC(=O)N(C)CC1CC1C. The predicted molar refractivity (Wildman–Crippen MR) is 53.5 cm³/mol. The lowest BCUT2D eigenvalue weighted by Gasteiger charge is -2.16.